The van der Waals surface area contributed by atoms with Gasteiger partial charge in [0.2, 0.25) is 11.8 Å². The van der Waals surface area contributed by atoms with E-state index in [1.54, 1.807) is 12.4 Å². The van der Waals surface area contributed by atoms with Crippen LogP contribution in [0.5, 0.6) is 0 Å². The average molecular weight is 713 g/mol. The van der Waals surface area contributed by atoms with Crippen molar-refractivity contribution in [1.29, 1.82) is 0 Å². The molecular weight excluding hydrogens is 665 g/mol. The normalized spacial score (nSPS) is 18.3. The quantitative estimate of drug-likeness (QED) is 0.105. The van der Waals surface area contributed by atoms with E-state index < -0.39 is 6.04 Å². The molecule has 2 aliphatic rings. The van der Waals surface area contributed by atoms with Gasteiger partial charge in [0, 0.05) is 47.6 Å². The Morgan fingerprint density at radius 1 is 0.906 bits per heavy atom. The first-order valence-electron chi connectivity index (χ1n) is 18.8. The third-order valence-corrected chi connectivity index (χ3v) is 10.7. The smallest absolute Gasteiger partial charge is 0.251 e. The summed E-state index contributed by atoms with van der Waals surface area (Å²) in [6, 6.07) is 22.6. The molecule has 1 saturated heterocycles. The van der Waals surface area contributed by atoms with Crippen molar-refractivity contribution in [1.82, 2.24) is 30.9 Å². The average Bonchev–Trinajstić information content (AvgIpc) is 3.62. The molecule has 2 fully saturated rings. The van der Waals surface area contributed by atoms with E-state index in [-0.39, 0.29) is 29.7 Å². The number of hydrogen-bond acceptors (Lipinski definition) is 7. The van der Waals surface area contributed by atoms with Gasteiger partial charge in [-0.1, -0.05) is 30.3 Å². The molecule has 7 N–H and O–H groups in total. The van der Waals surface area contributed by atoms with Crippen LogP contribution >= 0.6 is 0 Å². The van der Waals surface area contributed by atoms with E-state index in [1.807, 2.05) is 79.7 Å². The van der Waals surface area contributed by atoms with Crippen molar-refractivity contribution in [3.63, 3.8) is 0 Å². The van der Waals surface area contributed by atoms with E-state index in [0.29, 0.717) is 36.0 Å². The second-order valence-electron chi connectivity index (χ2n) is 14.5. The van der Waals surface area contributed by atoms with Crippen LogP contribution in [-0.4, -0.2) is 64.4 Å². The molecular formula is C42H48N8O3. The van der Waals surface area contributed by atoms with Gasteiger partial charge in [0.05, 0.1) is 11.0 Å². The molecule has 1 atom stereocenters. The zero-order valence-electron chi connectivity index (χ0n) is 30.2. The number of aryl methyl sites for hydroxylation is 1. The predicted octanol–water partition coefficient (Wildman–Crippen LogP) is 5.51. The maximum absolute atomic E-state index is 13.9. The number of amides is 3. The number of anilines is 1. The number of hydrogen-bond donors (Lipinski definition) is 6. The first-order valence-corrected chi connectivity index (χ1v) is 18.8. The minimum Gasteiger partial charge on any atom is -0.349 e. The van der Waals surface area contributed by atoms with Gasteiger partial charge in [0.25, 0.3) is 5.91 Å². The summed E-state index contributed by atoms with van der Waals surface area (Å²) in [4.78, 5) is 52.6. The number of nitrogens with two attached hydrogens (primary N) is 1. The molecule has 11 nitrogen and oxygen atoms in total. The summed E-state index contributed by atoms with van der Waals surface area (Å²) in [6.45, 7) is 4.49. The lowest BCUT2D eigenvalue weighted by Crippen LogP contribution is -2.48. The number of carbonyl (C=O) groups is 3. The van der Waals surface area contributed by atoms with Crippen LogP contribution in [0.25, 0.3) is 33.5 Å². The number of aromatic nitrogens is 3. The number of benzene rings is 3. The van der Waals surface area contributed by atoms with Gasteiger partial charge in [0.15, 0.2) is 0 Å². The maximum atomic E-state index is 13.9. The predicted molar refractivity (Wildman–Crippen MR) is 208 cm³/mol. The molecule has 3 heterocycles. The maximum Gasteiger partial charge on any atom is 0.251 e. The lowest BCUT2D eigenvalue weighted by molar-refractivity contribution is -0.130. The summed E-state index contributed by atoms with van der Waals surface area (Å²) in [7, 11) is 0. The molecule has 274 valence electrons. The number of rotatable bonds is 11. The van der Waals surface area contributed by atoms with Crippen LogP contribution in [0.15, 0.2) is 85.2 Å². The van der Waals surface area contributed by atoms with E-state index in [1.165, 1.54) is 0 Å². The van der Waals surface area contributed by atoms with E-state index in [4.69, 9.17) is 5.73 Å². The monoisotopic (exact) mass is 712 g/mol. The molecule has 11 heteroatoms. The minimum absolute atomic E-state index is 0.0420. The third kappa shape index (κ3) is 8.81. The Morgan fingerprint density at radius 2 is 1.70 bits per heavy atom. The van der Waals surface area contributed by atoms with E-state index >= 15 is 0 Å². The van der Waals surface area contributed by atoms with Crippen LogP contribution in [-0.2, 0) is 16.0 Å². The highest BCUT2D eigenvalue weighted by Gasteiger charge is 2.29. The van der Waals surface area contributed by atoms with E-state index in [9.17, 15) is 14.4 Å². The molecule has 1 aliphatic heterocycles. The first kappa shape index (κ1) is 36.0. The zero-order chi connectivity index (χ0) is 36.7. The highest BCUT2D eigenvalue weighted by atomic mass is 16.2. The van der Waals surface area contributed by atoms with Crippen LogP contribution in [0.3, 0.4) is 0 Å². The molecule has 1 aliphatic carbocycles. The van der Waals surface area contributed by atoms with Crippen molar-refractivity contribution in [3.8, 4) is 22.5 Å². The lowest BCUT2D eigenvalue weighted by Gasteiger charge is -2.28. The second-order valence-corrected chi connectivity index (χ2v) is 14.5. The van der Waals surface area contributed by atoms with Gasteiger partial charge in [-0.15, -0.1) is 0 Å². The Bertz CT molecular complexity index is 2050. The molecule has 7 rings (SSSR count). The number of nitrogens with zero attached hydrogens (tertiary/aromatic N) is 2. The minimum atomic E-state index is -0.788. The van der Waals surface area contributed by atoms with Gasteiger partial charge in [-0.05, 0) is 136 Å². The van der Waals surface area contributed by atoms with Gasteiger partial charge in [-0.25, -0.2) is 4.98 Å². The molecule has 0 spiro atoms. The largest absolute Gasteiger partial charge is 0.349 e. The Kier molecular flexibility index (Phi) is 11.2. The number of nitrogens with one attached hydrogen (secondary N) is 5. The van der Waals surface area contributed by atoms with Crippen LogP contribution in [0, 0.1) is 18.8 Å². The number of fused-ring (bicyclic) bond motifs is 1. The molecule has 0 radical (unpaired) electrons. The van der Waals surface area contributed by atoms with E-state index in [0.717, 1.165) is 90.5 Å². The lowest BCUT2D eigenvalue weighted by atomic mass is 9.81. The van der Waals surface area contributed by atoms with Crippen molar-refractivity contribution >= 4 is 34.4 Å². The molecule has 0 unspecified atom stereocenters. The van der Waals surface area contributed by atoms with Crippen molar-refractivity contribution < 1.29 is 14.4 Å². The Balaban J connectivity index is 1.06. The standard InChI is InChI=1S/C42H48N8O3/c1-26-21-31(41(52)46-33-16-19-44-20-17-33)12-14-35(26)29-8-4-27(5-9-29)22-38(50-40(51)30-10-6-28(24-43)7-11-30)42(53)47-34-13-15-36-37(23-34)49-39(48-36)32-3-2-18-45-25-32/h2-5,8-9,12-15,18,21,23,25,28,30,33,38,44H,6-7,10-11,16-17,19-20,22,24,43H2,1H3,(H,46,52)(H,47,53)(H,48,49)(H,50,51)/t28-,30-,38-/m0/s1. The van der Waals surface area contributed by atoms with Gasteiger partial charge in [0.1, 0.15) is 11.9 Å². The molecule has 3 amide bonds. The number of H-pyrrole nitrogens is 1. The summed E-state index contributed by atoms with van der Waals surface area (Å²) in [6.07, 6.45) is 9.03. The number of carbonyl (C=O) groups excluding carboxylic acids is 3. The summed E-state index contributed by atoms with van der Waals surface area (Å²) >= 11 is 0. The summed E-state index contributed by atoms with van der Waals surface area (Å²) < 4.78 is 0. The number of imidazole rings is 1. The van der Waals surface area contributed by atoms with Crippen LogP contribution in [0.4, 0.5) is 5.69 Å². The van der Waals surface area contributed by atoms with Gasteiger partial charge >= 0.3 is 0 Å². The molecule has 5 aromatic rings. The molecule has 0 bridgehead atoms. The first-order chi connectivity index (χ1) is 25.8. The molecule has 2 aromatic heterocycles. The highest BCUT2D eigenvalue weighted by molar-refractivity contribution is 5.99. The highest BCUT2D eigenvalue weighted by Crippen LogP contribution is 2.29. The SMILES string of the molecule is Cc1cc(C(=O)NC2CCNCC2)ccc1-c1ccc(C[C@H](NC(=O)[C@H]2CC[C@H](CN)CC2)C(=O)Nc2ccc3nc(-c4cccnc4)[nH]c3c2)cc1. The summed E-state index contributed by atoms with van der Waals surface area (Å²) in [5.74, 6) is 0.568. The Hall–Kier alpha value is -5.39. The van der Waals surface area contributed by atoms with Gasteiger partial charge in [-0.2, -0.15) is 0 Å². The van der Waals surface area contributed by atoms with Gasteiger partial charge < -0.3 is 32.0 Å². The Labute approximate surface area is 310 Å². The summed E-state index contributed by atoms with van der Waals surface area (Å²) in [5.41, 5.74) is 13.5. The van der Waals surface area contributed by atoms with Crippen molar-refractivity contribution in [2.24, 2.45) is 17.6 Å². The zero-order valence-corrected chi connectivity index (χ0v) is 30.2. The van der Waals surface area contributed by atoms with Crippen molar-refractivity contribution in [2.75, 3.05) is 25.0 Å². The molecule has 53 heavy (non-hydrogen) atoms. The molecule has 1 saturated carbocycles. The number of pyridine rings is 1. The van der Waals surface area contributed by atoms with Crippen molar-refractivity contribution in [3.05, 3.63) is 102 Å². The second kappa shape index (κ2) is 16.5. The number of piperidine rings is 1. The van der Waals surface area contributed by atoms with Gasteiger partial charge in [-0.3, -0.25) is 19.4 Å². The van der Waals surface area contributed by atoms with Crippen LogP contribution in [0.1, 0.15) is 60.0 Å². The van der Waals surface area contributed by atoms with Crippen LogP contribution in [0.2, 0.25) is 0 Å². The Morgan fingerprint density at radius 3 is 2.42 bits per heavy atom. The molecule has 3 aromatic carbocycles. The fourth-order valence-electron chi connectivity index (χ4n) is 7.54. The van der Waals surface area contributed by atoms with Crippen LogP contribution < -0.4 is 27.0 Å². The fourth-order valence-corrected chi connectivity index (χ4v) is 7.54. The summed E-state index contributed by atoms with van der Waals surface area (Å²) in [5, 5.41) is 12.6. The van der Waals surface area contributed by atoms with Crippen molar-refractivity contribution in [2.45, 2.75) is 64.0 Å². The number of aromatic amines is 1. The fraction of sp³-hybridized carbons (Fsp3) is 0.357. The van der Waals surface area contributed by atoms with E-state index in [2.05, 4.69) is 36.2 Å². The third-order valence-electron chi connectivity index (χ3n) is 10.7. The topological polar surface area (TPSA) is 167 Å².